The van der Waals surface area contributed by atoms with Crippen molar-refractivity contribution in [1.29, 1.82) is 0 Å². The second-order valence-corrected chi connectivity index (χ2v) is 6.65. The van der Waals surface area contributed by atoms with E-state index in [2.05, 4.69) is 16.9 Å². The van der Waals surface area contributed by atoms with E-state index in [1.807, 2.05) is 18.7 Å². The smallest absolute Gasteiger partial charge is 0.320 e. The topological polar surface area (TPSA) is 58.4 Å². The highest BCUT2D eigenvalue weighted by molar-refractivity contribution is 5.74. The molecular weight excluding hydrogens is 266 g/mol. The molecule has 0 radical (unpaired) electrons. The van der Waals surface area contributed by atoms with Gasteiger partial charge in [0.05, 0.1) is 5.69 Å². The second-order valence-electron chi connectivity index (χ2n) is 6.65. The first-order chi connectivity index (χ1) is 9.99. The van der Waals surface area contributed by atoms with Crippen LogP contribution < -0.4 is 0 Å². The van der Waals surface area contributed by atoms with Crippen LogP contribution in [0.1, 0.15) is 49.1 Å². The van der Waals surface area contributed by atoms with Crippen LogP contribution in [-0.4, -0.2) is 37.8 Å². The Kier molecular flexibility index (Phi) is 3.78. The molecule has 3 atom stereocenters. The summed E-state index contributed by atoms with van der Waals surface area (Å²) in [5, 5.41) is 14.1. The Morgan fingerprint density at radius 2 is 2.05 bits per heavy atom. The molecule has 1 aliphatic heterocycles. The minimum atomic E-state index is -0.663. The van der Waals surface area contributed by atoms with E-state index in [0.717, 1.165) is 30.8 Å². The van der Waals surface area contributed by atoms with Crippen LogP contribution in [-0.2, 0) is 18.4 Å². The summed E-state index contributed by atoms with van der Waals surface area (Å²) in [5.41, 5.74) is 3.38. The number of aliphatic carboxylic acids is 1. The fourth-order valence-electron chi connectivity index (χ4n) is 4.25. The van der Waals surface area contributed by atoms with Gasteiger partial charge < -0.3 is 5.11 Å². The van der Waals surface area contributed by atoms with Crippen molar-refractivity contribution in [3.63, 3.8) is 0 Å². The molecule has 1 aromatic rings. The third-order valence-electron chi connectivity index (χ3n) is 5.51. The Labute approximate surface area is 125 Å². The van der Waals surface area contributed by atoms with Crippen molar-refractivity contribution in [2.24, 2.45) is 13.0 Å². The van der Waals surface area contributed by atoms with E-state index in [4.69, 9.17) is 0 Å². The van der Waals surface area contributed by atoms with Gasteiger partial charge in [0.15, 0.2) is 0 Å². The number of aryl methyl sites for hydroxylation is 2. The van der Waals surface area contributed by atoms with Crippen molar-refractivity contribution < 1.29 is 9.90 Å². The number of carboxylic acids is 1. The van der Waals surface area contributed by atoms with Crippen molar-refractivity contribution in [2.75, 3.05) is 0 Å². The molecule has 0 amide bonds. The van der Waals surface area contributed by atoms with Crippen LogP contribution in [0, 0.1) is 19.8 Å². The third kappa shape index (κ3) is 2.48. The first kappa shape index (κ1) is 14.6. The van der Waals surface area contributed by atoms with Gasteiger partial charge in [-0.1, -0.05) is 12.8 Å². The Hall–Kier alpha value is -1.36. The van der Waals surface area contributed by atoms with Crippen LogP contribution in [0.15, 0.2) is 0 Å². The lowest BCUT2D eigenvalue weighted by Gasteiger charge is -2.33. The maximum Gasteiger partial charge on any atom is 0.320 e. The maximum atomic E-state index is 11.7. The van der Waals surface area contributed by atoms with E-state index >= 15 is 0 Å². The quantitative estimate of drug-likeness (QED) is 0.928. The Bertz CT molecular complexity index is 552. The number of fused-ring (bicyclic) bond motifs is 1. The SMILES string of the molecule is Cc1nn(C)c(C)c1CN1C(C(=O)O)CC2CCCCC21. The van der Waals surface area contributed by atoms with Crippen molar-refractivity contribution in [3.8, 4) is 0 Å². The molecule has 0 bridgehead atoms. The number of carbonyl (C=O) groups is 1. The fourth-order valence-corrected chi connectivity index (χ4v) is 4.25. The van der Waals surface area contributed by atoms with Gasteiger partial charge in [-0.05, 0) is 39.0 Å². The summed E-state index contributed by atoms with van der Waals surface area (Å²) >= 11 is 0. The van der Waals surface area contributed by atoms with Gasteiger partial charge in [-0.25, -0.2) is 0 Å². The molecule has 1 saturated carbocycles. The van der Waals surface area contributed by atoms with Crippen molar-refractivity contribution in [2.45, 2.75) is 64.6 Å². The molecule has 1 aromatic heterocycles. The number of hydrogen-bond acceptors (Lipinski definition) is 3. The normalized spacial score (nSPS) is 29.6. The average Bonchev–Trinajstić information content (AvgIpc) is 2.93. The molecular formula is C16H25N3O2. The molecule has 2 fully saturated rings. The number of hydrogen-bond donors (Lipinski definition) is 1. The number of aromatic nitrogens is 2. The van der Waals surface area contributed by atoms with Gasteiger partial charge in [0.1, 0.15) is 6.04 Å². The van der Waals surface area contributed by atoms with Crippen LogP contribution in [0.2, 0.25) is 0 Å². The maximum absolute atomic E-state index is 11.7. The summed E-state index contributed by atoms with van der Waals surface area (Å²) < 4.78 is 1.90. The Morgan fingerprint density at radius 3 is 2.67 bits per heavy atom. The standard InChI is InChI=1S/C16H25N3O2/c1-10-13(11(2)18(3)17-10)9-19-14-7-5-4-6-12(14)8-15(19)16(20)21/h12,14-15H,4-9H2,1-3H3,(H,20,21). The van der Waals surface area contributed by atoms with E-state index in [-0.39, 0.29) is 6.04 Å². The molecule has 3 rings (SSSR count). The zero-order valence-corrected chi connectivity index (χ0v) is 13.2. The molecule has 5 nitrogen and oxygen atoms in total. The minimum Gasteiger partial charge on any atom is -0.480 e. The highest BCUT2D eigenvalue weighted by Crippen LogP contribution is 2.40. The van der Waals surface area contributed by atoms with Crippen LogP contribution in [0.4, 0.5) is 0 Å². The van der Waals surface area contributed by atoms with E-state index < -0.39 is 5.97 Å². The predicted octanol–water partition coefficient (Wildman–Crippen LogP) is 2.25. The summed E-state index contributed by atoms with van der Waals surface area (Å²) in [6, 6.07) is 0.121. The van der Waals surface area contributed by atoms with Gasteiger partial charge in [-0.3, -0.25) is 14.4 Å². The zero-order valence-electron chi connectivity index (χ0n) is 13.2. The molecule has 2 aliphatic rings. The lowest BCUT2D eigenvalue weighted by atomic mass is 9.84. The fraction of sp³-hybridized carbons (Fsp3) is 0.750. The highest BCUT2D eigenvalue weighted by atomic mass is 16.4. The monoisotopic (exact) mass is 291 g/mol. The third-order valence-corrected chi connectivity index (χ3v) is 5.51. The van der Waals surface area contributed by atoms with Gasteiger partial charge in [-0.15, -0.1) is 0 Å². The number of likely N-dealkylation sites (tertiary alicyclic amines) is 1. The van der Waals surface area contributed by atoms with Gasteiger partial charge in [0.25, 0.3) is 0 Å². The van der Waals surface area contributed by atoms with Crippen LogP contribution in [0.3, 0.4) is 0 Å². The zero-order chi connectivity index (χ0) is 15.1. The van der Waals surface area contributed by atoms with Crippen molar-refractivity contribution >= 4 is 5.97 Å². The largest absolute Gasteiger partial charge is 0.480 e. The van der Waals surface area contributed by atoms with E-state index in [1.54, 1.807) is 0 Å². The number of carboxylic acid groups (broad SMARTS) is 1. The summed E-state index contributed by atoms with van der Waals surface area (Å²) in [5.74, 6) is -0.0965. The molecule has 1 saturated heterocycles. The first-order valence-electron chi connectivity index (χ1n) is 7.96. The van der Waals surface area contributed by atoms with E-state index in [0.29, 0.717) is 12.0 Å². The van der Waals surface area contributed by atoms with Crippen molar-refractivity contribution in [1.82, 2.24) is 14.7 Å². The summed E-state index contributed by atoms with van der Waals surface area (Å²) in [4.78, 5) is 13.9. The molecule has 0 spiro atoms. The molecule has 0 aromatic carbocycles. The summed E-state index contributed by atoms with van der Waals surface area (Å²) in [7, 11) is 1.95. The average molecular weight is 291 g/mol. The van der Waals surface area contributed by atoms with Crippen LogP contribution >= 0.6 is 0 Å². The van der Waals surface area contributed by atoms with E-state index in [9.17, 15) is 9.90 Å². The number of nitrogens with zero attached hydrogens (tertiary/aromatic N) is 3. The van der Waals surface area contributed by atoms with Crippen molar-refractivity contribution in [3.05, 3.63) is 17.0 Å². The molecule has 1 N–H and O–H groups in total. The molecule has 3 unspecified atom stereocenters. The molecule has 1 aliphatic carbocycles. The Morgan fingerprint density at radius 1 is 1.33 bits per heavy atom. The van der Waals surface area contributed by atoms with Gasteiger partial charge in [0.2, 0.25) is 0 Å². The van der Waals surface area contributed by atoms with Gasteiger partial charge >= 0.3 is 5.97 Å². The lowest BCUT2D eigenvalue weighted by Crippen LogP contribution is -2.41. The van der Waals surface area contributed by atoms with Crippen LogP contribution in [0.25, 0.3) is 0 Å². The molecule has 116 valence electrons. The van der Waals surface area contributed by atoms with Gasteiger partial charge in [-0.2, -0.15) is 5.10 Å². The predicted molar refractivity (Wildman–Crippen MR) is 80.0 cm³/mol. The first-order valence-corrected chi connectivity index (χ1v) is 7.96. The molecule has 2 heterocycles. The second kappa shape index (κ2) is 5.44. The van der Waals surface area contributed by atoms with E-state index in [1.165, 1.54) is 24.8 Å². The summed E-state index contributed by atoms with van der Waals surface area (Å²) in [6.07, 6.45) is 5.64. The minimum absolute atomic E-state index is 0.322. The lowest BCUT2D eigenvalue weighted by molar-refractivity contribution is -0.142. The molecule has 5 heteroatoms. The Balaban J connectivity index is 1.88. The van der Waals surface area contributed by atoms with Crippen LogP contribution in [0.5, 0.6) is 0 Å². The highest BCUT2D eigenvalue weighted by Gasteiger charge is 2.45. The van der Waals surface area contributed by atoms with Gasteiger partial charge in [0, 0.05) is 30.9 Å². The summed E-state index contributed by atoms with van der Waals surface area (Å²) in [6.45, 7) is 4.82. The number of rotatable bonds is 3. The molecule has 21 heavy (non-hydrogen) atoms.